The minimum atomic E-state index is -4.00. The number of aromatic hydroxyl groups is 1. The van der Waals surface area contributed by atoms with Crippen molar-refractivity contribution in [1.82, 2.24) is 0 Å². The zero-order chi connectivity index (χ0) is 20.1. The van der Waals surface area contributed by atoms with Gasteiger partial charge in [-0.3, -0.25) is 14.3 Å². The first-order valence-corrected chi connectivity index (χ1v) is 9.92. The van der Waals surface area contributed by atoms with Gasteiger partial charge >= 0.3 is 0 Å². The van der Waals surface area contributed by atoms with Gasteiger partial charge in [0.2, 0.25) is 0 Å². The van der Waals surface area contributed by atoms with Crippen LogP contribution in [-0.4, -0.2) is 25.1 Å². The molecule has 0 aliphatic heterocycles. The second-order valence-corrected chi connectivity index (χ2v) is 8.11. The van der Waals surface area contributed by atoms with Crippen LogP contribution in [0.25, 0.3) is 0 Å². The van der Waals surface area contributed by atoms with Gasteiger partial charge in [-0.15, -0.1) is 0 Å². The lowest BCUT2D eigenvalue weighted by Crippen LogP contribution is -2.24. The number of phenols is 1. The van der Waals surface area contributed by atoms with E-state index >= 15 is 0 Å². The molecule has 1 aliphatic rings. The SMILES string of the molecule is Cc1ccccc1S(=O)(=O)Nc1ccc(O)c2c1C(=O)c1ccccc1C2=O. The molecule has 140 valence electrons. The van der Waals surface area contributed by atoms with Crippen LogP contribution in [0, 0.1) is 6.92 Å². The summed E-state index contributed by atoms with van der Waals surface area (Å²) in [5.41, 5.74) is 0.477. The number of rotatable bonds is 3. The van der Waals surface area contributed by atoms with Gasteiger partial charge in [-0.2, -0.15) is 0 Å². The highest BCUT2D eigenvalue weighted by molar-refractivity contribution is 7.92. The Hall–Kier alpha value is -3.45. The Bertz CT molecular complexity index is 1260. The number of ketones is 2. The van der Waals surface area contributed by atoms with E-state index in [-0.39, 0.29) is 38.6 Å². The summed E-state index contributed by atoms with van der Waals surface area (Å²) < 4.78 is 28.1. The van der Waals surface area contributed by atoms with Crippen molar-refractivity contribution in [1.29, 1.82) is 0 Å². The normalized spacial score (nSPS) is 13.0. The third-order valence-electron chi connectivity index (χ3n) is 4.68. The second-order valence-electron chi connectivity index (χ2n) is 6.46. The number of nitrogens with one attached hydrogen (secondary N) is 1. The third kappa shape index (κ3) is 2.68. The van der Waals surface area contributed by atoms with Crippen molar-refractivity contribution in [3.05, 3.63) is 88.5 Å². The molecule has 0 spiro atoms. The largest absolute Gasteiger partial charge is 0.507 e. The molecule has 3 aromatic carbocycles. The van der Waals surface area contributed by atoms with Crippen LogP contribution >= 0.6 is 0 Å². The van der Waals surface area contributed by atoms with Gasteiger partial charge in [0.25, 0.3) is 10.0 Å². The molecular formula is C21H15NO5S. The van der Waals surface area contributed by atoms with Gasteiger partial charge < -0.3 is 5.11 Å². The van der Waals surface area contributed by atoms with E-state index in [2.05, 4.69) is 4.72 Å². The summed E-state index contributed by atoms with van der Waals surface area (Å²) in [5.74, 6) is -1.43. The maximum atomic E-state index is 13.0. The van der Waals surface area contributed by atoms with Crippen molar-refractivity contribution in [3.63, 3.8) is 0 Å². The number of hydrogen-bond acceptors (Lipinski definition) is 5. The van der Waals surface area contributed by atoms with Crippen LogP contribution in [0.15, 0.2) is 65.6 Å². The molecule has 0 saturated carbocycles. The van der Waals surface area contributed by atoms with Crippen LogP contribution in [0.1, 0.15) is 37.4 Å². The predicted molar refractivity (Wildman–Crippen MR) is 103 cm³/mol. The highest BCUT2D eigenvalue weighted by atomic mass is 32.2. The van der Waals surface area contributed by atoms with Gasteiger partial charge in [0, 0.05) is 11.1 Å². The van der Waals surface area contributed by atoms with E-state index in [1.54, 1.807) is 37.3 Å². The summed E-state index contributed by atoms with van der Waals surface area (Å²) in [6.45, 7) is 1.66. The number of hydrogen-bond donors (Lipinski definition) is 2. The Morgan fingerprint density at radius 3 is 2.00 bits per heavy atom. The fourth-order valence-electron chi connectivity index (χ4n) is 3.35. The number of sulfonamides is 1. The summed E-state index contributed by atoms with van der Waals surface area (Å²) in [5, 5.41) is 10.2. The van der Waals surface area contributed by atoms with Crippen molar-refractivity contribution in [2.45, 2.75) is 11.8 Å². The number of anilines is 1. The maximum Gasteiger partial charge on any atom is 0.262 e. The summed E-state index contributed by atoms with van der Waals surface area (Å²) in [6.07, 6.45) is 0. The van der Waals surface area contributed by atoms with E-state index in [9.17, 15) is 23.1 Å². The van der Waals surface area contributed by atoms with Gasteiger partial charge in [-0.1, -0.05) is 42.5 Å². The zero-order valence-electron chi connectivity index (χ0n) is 14.8. The predicted octanol–water partition coefficient (Wildman–Crippen LogP) is 3.28. The first-order chi connectivity index (χ1) is 13.3. The Balaban J connectivity index is 1.89. The fraction of sp³-hybridized carbons (Fsp3) is 0.0476. The summed E-state index contributed by atoms with van der Waals surface area (Å²) in [7, 11) is -4.00. The monoisotopic (exact) mass is 393 g/mol. The van der Waals surface area contributed by atoms with Crippen molar-refractivity contribution in [3.8, 4) is 5.75 Å². The standard InChI is InChI=1S/C21H15NO5S/c1-12-6-2-5-9-17(12)28(26,27)22-15-10-11-16(23)19-18(15)20(24)13-7-3-4-8-14(13)21(19)25/h2-11,22-23H,1H3. The Labute approximate surface area is 161 Å². The van der Waals surface area contributed by atoms with E-state index < -0.39 is 21.6 Å². The van der Waals surface area contributed by atoms with Crippen molar-refractivity contribution in [2.24, 2.45) is 0 Å². The zero-order valence-corrected chi connectivity index (χ0v) is 15.6. The molecule has 0 fully saturated rings. The van der Waals surface area contributed by atoms with Crippen LogP contribution in [-0.2, 0) is 10.0 Å². The molecule has 0 amide bonds. The molecule has 3 aromatic rings. The van der Waals surface area contributed by atoms with E-state index in [4.69, 9.17) is 0 Å². The molecule has 7 heteroatoms. The highest BCUT2D eigenvalue weighted by Crippen LogP contribution is 2.37. The molecule has 4 rings (SSSR count). The molecular weight excluding hydrogens is 378 g/mol. The molecule has 0 radical (unpaired) electrons. The fourth-order valence-corrected chi connectivity index (χ4v) is 4.67. The third-order valence-corrected chi connectivity index (χ3v) is 6.21. The quantitative estimate of drug-likeness (QED) is 0.520. The van der Waals surface area contributed by atoms with E-state index in [1.807, 2.05) is 0 Å². The van der Waals surface area contributed by atoms with Gasteiger partial charge in [0.05, 0.1) is 21.7 Å². The Morgan fingerprint density at radius 1 is 0.786 bits per heavy atom. The topological polar surface area (TPSA) is 101 Å². The number of aryl methyl sites for hydroxylation is 1. The van der Waals surface area contributed by atoms with Gasteiger partial charge in [0.1, 0.15) is 5.75 Å². The number of carbonyl (C=O) groups excluding carboxylic acids is 2. The van der Waals surface area contributed by atoms with Gasteiger partial charge in [-0.25, -0.2) is 8.42 Å². The lowest BCUT2D eigenvalue weighted by Gasteiger charge is -2.21. The lowest BCUT2D eigenvalue weighted by molar-refractivity contribution is 0.0977. The first kappa shape index (κ1) is 17.9. The van der Waals surface area contributed by atoms with Crippen LogP contribution in [0.5, 0.6) is 5.75 Å². The summed E-state index contributed by atoms with van der Waals surface area (Å²) in [6, 6.07) is 15.2. The van der Waals surface area contributed by atoms with Gasteiger partial charge in [0.15, 0.2) is 11.6 Å². The number of fused-ring (bicyclic) bond motifs is 2. The molecule has 1 aliphatic carbocycles. The van der Waals surface area contributed by atoms with E-state index in [0.29, 0.717) is 5.56 Å². The molecule has 0 saturated heterocycles. The highest BCUT2D eigenvalue weighted by Gasteiger charge is 2.35. The minimum Gasteiger partial charge on any atom is -0.507 e. The van der Waals surface area contributed by atoms with Crippen molar-refractivity contribution < 1.29 is 23.1 Å². The smallest absolute Gasteiger partial charge is 0.262 e. The van der Waals surface area contributed by atoms with Crippen LogP contribution in [0.3, 0.4) is 0 Å². The Kier molecular flexibility index (Phi) is 4.05. The van der Waals surface area contributed by atoms with Crippen LogP contribution in [0.4, 0.5) is 5.69 Å². The minimum absolute atomic E-state index is 0.0519. The lowest BCUT2D eigenvalue weighted by atomic mass is 9.83. The summed E-state index contributed by atoms with van der Waals surface area (Å²) in [4.78, 5) is 25.9. The van der Waals surface area contributed by atoms with E-state index in [0.717, 1.165) is 0 Å². The number of benzene rings is 3. The maximum absolute atomic E-state index is 13.0. The number of phenolic OH excluding ortho intramolecular Hbond substituents is 1. The van der Waals surface area contributed by atoms with Gasteiger partial charge in [-0.05, 0) is 30.7 Å². The molecule has 0 atom stereocenters. The molecule has 0 heterocycles. The average molecular weight is 393 g/mol. The van der Waals surface area contributed by atoms with Crippen molar-refractivity contribution >= 4 is 27.3 Å². The molecule has 0 aromatic heterocycles. The van der Waals surface area contributed by atoms with Crippen LogP contribution in [0.2, 0.25) is 0 Å². The molecule has 28 heavy (non-hydrogen) atoms. The number of carbonyl (C=O) groups is 2. The van der Waals surface area contributed by atoms with E-state index in [1.165, 1.54) is 30.3 Å². The molecule has 6 nitrogen and oxygen atoms in total. The average Bonchev–Trinajstić information content (AvgIpc) is 2.67. The first-order valence-electron chi connectivity index (χ1n) is 8.44. The Morgan fingerprint density at radius 2 is 1.36 bits per heavy atom. The second kappa shape index (κ2) is 6.31. The van der Waals surface area contributed by atoms with Crippen molar-refractivity contribution in [2.75, 3.05) is 4.72 Å². The van der Waals surface area contributed by atoms with Crippen LogP contribution < -0.4 is 4.72 Å². The summed E-state index contributed by atoms with van der Waals surface area (Å²) >= 11 is 0. The molecule has 0 bridgehead atoms. The molecule has 0 unspecified atom stereocenters. The molecule has 2 N–H and O–H groups in total.